The standard InChI is InChI=1S/C25H30N2O2/c1-15(2)13-25(5,24(28)29-6)21-14-26-23-19-10-8-7-9-18(19)22-17(4)11-16(3)12-20(22)27(21)23/h7-12,15,21H,13-14H2,1-6H3. The molecule has 152 valence electrons. The Kier molecular flexibility index (Phi) is 4.76. The van der Waals surface area contributed by atoms with Gasteiger partial charge in [0.05, 0.1) is 30.8 Å². The van der Waals surface area contributed by atoms with Crippen molar-refractivity contribution in [2.75, 3.05) is 18.6 Å². The summed E-state index contributed by atoms with van der Waals surface area (Å²) in [6.45, 7) is 11.3. The van der Waals surface area contributed by atoms with E-state index in [2.05, 4.69) is 69.0 Å². The van der Waals surface area contributed by atoms with Gasteiger partial charge in [-0.3, -0.25) is 9.79 Å². The van der Waals surface area contributed by atoms with E-state index < -0.39 is 5.41 Å². The molecule has 0 N–H and O–H groups in total. The average molecular weight is 391 g/mol. The number of anilines is 1. The molecule has 29 heavy (non-hydrogen) atoms. The second kappa shape index (κ2) is 7.01. The van der Waals surface area contributed by atoms with Gasteiger partial charge in [-0.1, -0.05) is 44.2 Å². The highest BCUT2D eigenvalue weighted by Crippen LogP contribution is 2.48. The lowest BCUT2D eigenvalue weighted by Crippen LogP contribution is -2.53. The molecule has 2 aromatic rings. The minimum atomic E-state index is -0.643. The summed E-state index contributed by atoms with van der Waals surface area (Å²) in [6.07, 6.45) is 0.755. The van der Waals surface area contributed by atoms with Crippen LogP contribution < -0.4 is 4.90 Å². The van der Waals surface area contributed by atoms with Crippen molar-refractivity contribution in [2.45, 2.75) is 47.1 Å². The lowest BCUT2D eigenvalue weighted by Gasteiger charge is -2.43. The number of esters is 1. The van der Waals surface area contributed by atoms with Gasteiger partial charge in [0.15, 0.2) is 0 Å². The van der Waals surface area contributed by atoms with Gasteiger partial charge in [-0.15, -0.1) is 0 Å². The molecule has 0 amide bonds. The molecule has 4 nitrogen and oxygen atoms in total. The second-order valence-corrected chi connectivity index (χ2v) is 9.08. The highest BCUT2D eigenvalue weighted by atomic mass is 16.5. The van der Waals surface area contributed by atoms with Crippen molar-refractivity contribution < 1.29 is 9.53 Å². The smallest absolute Gasteiger partial charge is 0.313 e. The van der Waals surface area contributed by atoms with Crippen LogP contribution in [0.5, 0.6) is 0 Å². The number of amidine groups is 1. The molecule has 0 saturated carbocycles. The van der Waals surface area contributed by atoms with Gasteiger partial charge in [0.25, 0.3) is 0 Å². The van der Waals surface area contributed by atoms with Crippen LogP contribution in [-0.4, -0.2) is 31.5 Å². The molecule has 2 unspecified atom stereocenters. The van der Waals surface area contributed by atoms with Crippen molar-refractivity contribution in [3.05, 3.63) is 53.1 Å². The number of fused-ring (bicyclic) bond motifs is 6. The molecule has 4 rings (SSSR count). The van der Waals surface area contributed by atoms with Crippen LogP contribution in [0.4, 0.5) is 5.69 Å². The van der Waals surface area contributed by atoms with Crippen LogP contribution in [0.25, 0.3) is 11.1 Å². The minimum Gasteiger partial charge on any atom is -0.469 e. The topological polar surface area (TPSA) is 41.9 Å². The first kappa shape index (κ1) is 19.7. The summed E-state index contributed by atoms with van der Waals surface area (Å²) < 4.78 is 5.30. The van der Waals surface area contributed by atoms with E-state index in [0.717, 1.165) is 23.5 Å². The molecule has 0 bridgehead atoms. The molecule has 0 radical (unpaired) electrons. The van der Waals surface area contributed by atoms with Crippen molar-refractivity contribution in [1.82, 2.24) is 0 Å². The molecule has 2 heterocycles. The molecule has 4 heteroatoms. The van der Waals surface area contributed by atoms with Crippen LogP contribution in [0.1, 0.15) is 43.9 Å². The normalized spacial score (nSPS) is 19.2. The second-order valence-electron chi connectivity index (χ2n) is 9.08. The summed E-state index contributed by atoms with van der Waals surface area (Å²) in [4.78, 5) is 20.3. The molecule has 2 aromatic carbocycles. The Labute approximate surface area is 173 Å². The third kappa shape index (κ3) is 2.97. The summed E-state index contributed by atoms with van der Waals surface area (Å²) >= 11 is 0. The average Bonchev–Trinajstić information content (AvgIpc) is 3.12. The van der Waals surface area contributed by atoms with Crippen molar-refractivity contribution in [1.29, 1.82) is 0 Å². The molecule has 0 fully saturated rings. The summed E-state index contributed by atoms with van der Waals surface area (Å²) in [7, 11) is 1.49. The number of rotatable bonds is 4. The zero-order chi connectivity index (χ0) is 20.9. The number of carbonyl (C=O) groups excluding carboxylic acids is 1. The fraction of sp³-hybridized carbons (Fsp3) is 0.440. The van der Waals surface area contributed by atoms with Gasteiger partial charge in [-0.05, 0) is 55.9 Å². The van der Waals surface area contributed by atoms with Crippen LogP contribution in [0, 0.1) is 25.2 Å². The van der Waals surface area contributed by atoms with Crippen LogP contribution in [0.3, 0.4) is 0 Å². The SMILES string of the molecule is COC(=O)C(C)(CC(C)C)C1CN=C2c3ccccc3-c3c(C)cc(C)cc3N21. The lowest BCUT2D eigenvalue weighted by atomic mass is 9.74. The van der Waals surface area contributed by atoms with Gasteiger partial charge in [-0.25, -0.2) is 0 Å². The van der Waals surface area contributed by atoms with E-state index in [-0.39, 0.29) is 12.0 Å². The number of carbonyl (C=O) groups is 1. The molecule has 2 aliphatic heterocycles. The van der Waals surface area contributed by atoms with E-state index >= 15 is 0 Å². The van der Waals surface area contributed by atoms with E-state index in [0.29, 0.717) is 12.5 Å². The van der Waals surface area contributed by atoms with E-state index in [1.54, 1.807) is 0 Å². The van der Waals surface area contributed by atoms with Crippen LogP contribution >= 0.6 is 0 Å². The summed E-state index contributed by atoms with van der Waals surface area (Å²) in [5.74, 6) is 1.19. The van der Waals surface area contributed by atoms with Gasteiger partial charge in [0, 0.05) is 11.1 Å². The number of nitrogens with zero attached hydrogens (tertiary/aromatic N) is 2. The van der Waals surface area contributed by atoms with E-state index in [1.807, 2.05) is 6.92 Å². The number of aryl methyl sites for hydroxylation is 2. The van der Waals surface area contributed by atoms with Crippen LogP contribution in [-0.2, 0) is 9.53 Å². The highest BCUT2D eigenvalue weighted by molar-refractivity contribution is 6.21. The fourth-order valence-corrected chi connectivity index (χ4v) is 5.28. The Bertz CT molecular complexity index is 1010. The number of aliphatic imine (C=N–C) groups is 1. The number of methoxy groups -OCH3 is 1. The maximum atomic E-state index is 13.0. The summed E-state index contributed by atoms with van der Waals surface area (Å²) in [5, 5.41) is 0. The number of benzene rings is 2. The van der Waals surface area contributed by atoms with Gasteiger partial charge >= 0.3 is 5.97 Å². The Morgan fingerprint density at radius 3 is 2.59 bits per heavy atom. The quantitative estimate of drug-likeness (QED) is 0.679. The fourth-order valence-electron chi connectivity index (χ4n) is 5.28. The Morgan fingerprint density at radius 1 is 1.24 bits per heavy atom. The molecular weight excluding hydrogens is 360 g/mol. The maximum Gasteiger partial charge on any atom is 0.313 e. The summed E-state index contributed by atoms with van der Waals surface area (Å²) in [6, 6.07) is 12.9. The highest BCUT2D eigenvalue weighted by Gasteiger charge is 2.51. The van der Waals surface area contributed by atoms with Crippen LogP contribution in [0.15, 0.2) is 41.4 Å². The largest absolute Gasteiger partial charge is 0.469 e. The molecule has 2 atom stereocenters. The van der Waals surface area contributed by atoms with E-state index in [1.165, 1.54) is 29.4 Å². The molecule has 0 aliphatic carbocycles. The van der Waals surface area contributed by atoms with Crippen molar-refractivity contribution in [3.8, 4) is 11.1 Å². The monoisotopic (exact) mass is 390 g/mol. The van der Waals surface area contributed by atoms with E-state index in [9.17, 15) is 4.79 Å². The number of hydrogen-bond donors (Lipinski definition) is 0. The zero-order valence-corrected chi connectivity index (χ0v) is 18.2. The van der Waals surface area contributed by atoms with E-state index in [4.69, 9.17) is 9.73 Å². The Hall–Kier alpha value is -2.62. The molecular formula is C25H30N2O2. The maximum absolute atomic E-state index is 13.0. The Morgan fingerprint density at radius 2 is 1.93 bits per heavy atom. The number of ether oxygens (including phenoxy) is 1. The first-order chi connectivity index (χ1) is 13.8. The van der Waals surface area contributed by atoms with Crippen LogP contribution in [0.2, 0.25) is 0 Å². The molecule has 0 saturated heterocycles. The predicted octanol–water partition coefficient (Wildman–Crippen LogP) is 5.14. The Balaban J connectivity index is 1.94. The zero-order valence-electron chi connectivity index (χ0n) is 18.2. The van der Waals surface area contributed by atoms with Crippen molar-refractivity contribution in [3.63, 3.8) is 0 Å². The van der Waals surface area contributed by atoms with Gasteiger partial charge in [-0.2, -0.15) is 0 Å². The molecule has 2 aliphatic rings. The summed E-state index contributed by atoms with van der Waals surface area (Å²) in [5.41, 5.74) is 6.59. The van der Waals surface area contributed by atoms with Crippen molar-refractivity contribution in [2.24, 2.45) is 16.3 Å². The first-order valence-electron chi connectivity index (χ1n) is 10.4. The first-order valence-corrected chi connectivity index (χ1v) is 10.4. The van der Waals surface area contributed by atoms with Crippen molar-refractivity contribution >= 4 is 17.5 Å². The minimum absolute atomic E-state index is 0.0688. The predicted molar refractivity (Wildman–Crippen MR) is 119 cm³/mol. The van der Waals surface area contributed by atoms with Gasteiger partial charge in [0.1, 0.15) is 5.84 Å². The molecule has 0 aromatic heterocycles. The molecule has 0 spiro atoms. The third-order valence-corrected chi connectivity index (χ3v) is 6.33. The lowest BCUT2D eigenvalue weighted by molar-refractivity contribution is -0.153. The van der Waals surface area contributed by atoms with Gasteiger partial charge < -0.3 is 9.64 Å². The van der Waals surface area contributed by atoms with Gasteiger partial charge in [0.2, 0.25) is 0 Å². The third-order valence-electron chi connectivity index (χ3n) is 6.33. The number of hydrogen-bond acceptors (Lipinski definition) is 4.